The molecule has 1 atom stereocenters. The van der Waals surface area contributed by atoms with Gasteiger partial charge in [-0.2, -0.15) is 0 Å². The number of amides is 1. The Bertz CT molecular complexity index is 505. The SMILES string of the molecule is CCCNC(=O)c1cc2c([nH]c1=O)CC[C@@H](C)C2. The minimum Gasteiger partial charge on any atom is -0.352 e. The van der Waals surface area contributed by atoms with Gasteiger partial charge in [-0.05, 0) is 43.2 Å². The van der Waals surface area contributed by atoms with Gasteiger partial charge in [0.25, 0.3) is 11.5 Å². The second-order valence-corrected chi connectivity index (χ2v) is 5.12. The van der Waals surface area contributed by atoms with Gasteiger partial charge < -0.3 is 10.3 Å². The number of fused-ring (bicyclic) bond motifs is 1. The first-order chi connectivity index (χ1) is 8.61. The first-order valence-electron chi connectivity index (χ1n) is 6.65. The third-order valence-corrected chi connectivity index (χ3v) is 3.45. The van der Waals surface area contributed by atoms with E-state index < -0.39 is 0 Å². The smallest absolute Gasteiger partial charge is 0.261 e. The van der Waals surface area contributed by atoms with Gasteiger partial charge in [-0.15, -0.1) is 0 Å². The minimum absolute atomic E-state index is 0.247. The molecule has 1 aromatic rings. The zero-order chi connectivity index (χ0) is 13.1. The lowest BCUT2D eigenvalue weighted by Gasteiger charge is -2.21. The number of aromatic amines is 1. The number of hydrogen-bond acceptors (Lipinski definition) is 2. The van der Waals surface area contributed by atoms with Gasteiger partial charge in [0.05, 0.1) is 0 Å². The van der Waals surface area contributed by atoms with Crippen molar-refractivity contribution < 1.29 is 4.79 Å². The quantitative estimate of drug-likeness (QED) is 0.854. The average molecular weight is 248 g/mol. The third kappa shape index (κ3) is 2.63. The molecule has 0 aromatic carbocycles. The molecule has 4 heteroatoms. The third-order valence-electron chi connectivity index (χ3n) is 3.45. The van der Waals surface area contributed by atoms with E-state index in [0.717, 1.165) is 36.9 Å². The van der Waals surface area contributed by atoms with Crippen molar-refractivity contribution in [3.8, 4) is 0 Å². The van der Waals surface area contributed by atoms with Crippen LogP contribution in [0.5, 0.6) is 0 Å². The second-order valence-electron chi connectivity index (χ2n) is 5.12. The molecule has 0 fully saturated rings. The highest BCUT2D eigenvalue weighted by Crippen LogP contribution is 2.23. The molecule has 0 saturated carbocycles. The van der Waals surface area contributed by atoms with E-state index in [4.69, 9.17) is 0 Å². The van der Waals surface area contributed by atoms with Gasteiger partial charge in [-0.3, -0.25) is 9.59 Å². The highest BCUT2D eigenvalue weighted by atomic mass is 16.2. The lowest BCUT2D eigenvalue weighted by molar-refractivity contribution is 0.0952. The molecule has 1 aliphatic rings. The Balaban J connectivity index is 2.29. The Morgan fingerprint density at radius 1 is 1.56 bits per heavy atom. The van der Waals surface area contributed by atoms with Gasteiger partial charge in [-0.25, -0.2) is 0 Å². The lowest BCUT2D eigenvalue weighted by atomic mass is 9.87. The van der Waals surface area contributed by atoms with Crippen molar-refractivity contribution in [1.29, 1.82) is 0 Å². The monoisotopic (exact) mass is 248 g/mol. The van der Waals surface area contributed by atoms with Crippen LogP contribution in [-0.4, -0.2) is 17.4 Å². The maximum absolute atomic E-state index is 11.9. The number of pyridine rings is 1. The molecule has 1 aliphatic carbocycles. The van der Waals surface area contributed by atoms with E-state index in [1.807, 2.05) is 6.92 Å². The molecular formula is C14H20N2O2. The van der Waals surface area contributed by atoms with Crippen LogP contribution in [0.15, 0.2) is 10.9 Å². The molecule has 1 aromatic heterocycles. The normalized spacial score (nSPS) is 18.2. The summed E-state index contributed by atoms with van der Waals surface area (Å²) >= 11 is 0. The summed E-state index contributed by atoms with van der Waals surface area (Å²) in [7, 11) is 0. The van der Waals surface area contributed by atoms with Gasteiger partial charge in [0.2, 0.25) is 0 Å². The van der Waals surface area contributed by atoms with E-state index in [0.29, 0.717) is 12.5 Å². The van der Waals surface area contributed by atoms with Crippen LogP contribution in [0.3, 0.4) is 0 Å². The molecule has 0 radical (unpaired) electrons. The summed E-state index contributed by atoms with van der Waals surface area (Å²) in [4.78, 5) is 26.6. The highest BCUT2D eigenvalue weighted by Gasteiger charge is 2.19. The van der Waals surface area contributed by atoms with Crippen LogP contribution < -0.4 is 10.9 Å². The number of aromatic nitrogens is 1. The Kier molecular flexibility index (Phi) is 3.84. The molecule has 18 heavy (non-hydrogen) atoms. The van der Waals surface area contributed by atoms with Crippen LogP contribution in [0.2, 0.25) is 0 Å². The van der Waals surface area contributed by atoms with Crippen molar-refractivity contribution in [2.24, 2.45) is 5.92 Å². The number of aryl methyl sites for hydroxylation is 1. The van der Waals surface area contributed by atoms with Gasteiger partial charge in [0.1, 0.15) is 5.56 Å². The zero-order valence-corrected chi connectivity index (χ0v) is 11.0. The molecule has 2 rings (SSSR count). The van der Waals surface area contributed by atoms with Crippen molar-refractivity contribution in [3.05, 3.63) is 33.2 Å². The Morgan fingerprint density at radius 3 is 3.06 bits per heavy atom. The Morgan fingerprint density at radius 2 is 2.33 bits per heavy atom. The molecule has 2 N–H and O–H groups in total. The fraction of sp³-hybridized carbons (Fsp3) is 0.571. The van der Waals surface area contributed by atoms with E-state index in [-0.39, 0.29) is 17.0 Å². The molecule has 0 saturated heterocycles. The number of H-pyrrole nitrogens is 1. The fourth-order valence-electron chi connectivity index (χ4n) is 2.39. The van der Waals surface area contributed by atoms with E-state index in [1.165, 1.54) is 0 Å². The highest BCUT2D eigenvalue weighted by molar-refractivity contribution is 5.94. The van der Waals surface area contributed by atoms with Crippen molar-refractivity contribution in [3.63, 3.8) is 0 Å². The molecule has 0 aliphatic heterocycles. The van der Waals surface area contributed by atoms with Crippen LogP contribution in [0.1, 0.15) is 48.3 Å². The van der Waals surface area contributed by atoms with Gasteiger partial charge >= 0.3 is 0 Å². The fourth-order valence-corrected chi connectivity index (χ4v) is 2.39. The first kappa shape index (κ1) is 12.9. The predicted molar refractivity (Wildman–Crippen MR) is 70.9 cm³/mol. The summed E-state index contributed by atoms with van der Waals surface area (Å²) in [6.07, 6.45) is 3.82. The molecule has 1 heterocycles. The van der Waals surface area contributed by atoms with Crippen molar-refractivity contribution in [2.45, 2.75) is 39.5 Å². The number of rotatable bonds is 3. The van der Waals surface area contributed by atoms with E-state index in [2.05, 4.69) is 17.2 Å². The zero-order valence-electron chi connectivity index (χ0n) is 11.0. The van der Waals surface area contributed by atoms with E-state index in [1.54, 1.807) is 6.07 Å². The molecular weight excluding hydrogens is 228 g/mol. The average Bonchev–Trinajstić information content (AvgIpc) is 2.35. The summed E-state index contributed by atoms with van der Waals surface area (Å²) in [6, 6.07) is 1.77. The number of nitrogens with one attached hydrogen (secondary N) is 2. The number of hydrogen-bond donors (Lipinski definition) is 2. The molecule has 1 amide bonds. The van der Waals surface area contributed by atoms with Gasteiger partial charge in [0, 0.05) is 12.2 Å². The molecule has 4 nitrogen and oxygen atoms in total. The molecule has 0 spiro atoms. The second kappa shape index (κ2) is 5.38. The molecule has 0 bridgehead atoms. The minimum atomic E-state index is -0.267. The maximum atomic E-state index is 11.9. The van der Waals surface area contributed by atoms with Crippen molar-refractivity contribution in [2.75, 3.05) is 6.54 Å². The van der Waals surface area contributed by atoms with E-state index >= 15 is 0 Å². The van der Waals surface area contributed by atoms with Crippen LogP contribution >= 0.6 is 0 Å². The summed E-state index contributed by atoms with van der Waals surface area (Å²) < 4.78 is 0. The summed E-state index contributed by atoms with van der Waals surface area (Å²) in [6.45, 7) is 4.79. The van der Waals surface area contributed by atoms with Crippen LogP contribution in [-0.2, 0) is 12.8 Å². The van der Waals surface area contributed by atoms with Crippen molar-refractivity contribution in [1.82, 2.24) is 10.3 Å². The van der Waals surface area contributed by atoms with Crippen LogP contribution in [0.25, 0.3) is 0 Å². The summed E-state index contributed by atoms with van der Waals surface area (Å²) in [5, 5.41) is 2.75. The molecule has 0 unspecified atom stereocenters. The topological polar surface area (TPSA) is 62.0 Å². The standard InChI is InChI=1S/C14H20N2O2/c1-3-6-15-13(17)11-8-10-7-9(2)4-5-12(10)16-14(11)18/h8-9H,3-7H2,1-2H3,(H,15,17)(H,16,18)/t9-/m1/s1. The molecule has 98 valence electrons. The van der Waals surface area contributed by atoms with E-state index in [9.17, 15) is 9.59 Å². The Hall–Kier alpha value is -1.58. The summed E-state index contributed by atoms with van der Waals surface area (Å²) in [5.41, 5.74) is 2.10. The number of carbonyl (C=O) groups is 1. The Labute approximate surface area is 107 Å². The summed E-state index contributed by atoms with van der Waals surface area (Å²) in [5.74, 6) is 0.356. The largest absolute Gasteiger partial charge is 0.352 e. The van der Waals surface area contributed by atoms with Gasteiger partial charge in [-0.1, -0.05) is 13.8 Å². The van der Waals surface area contributed by atoms with Gasteiger partial charge in [0.15, 0.2) is 0 Å². The van der Waals surface area contributed by atoms with Crippen LogP contribution in [0, 0.1) is 5.92 Å². The number of carbonyl (C=O) groups excluding carboxylic acids is 1. The maximum Gasteiger partial charge on any atom is 0.261 e. The van der Waals surface area contributed by atoms with Crippen LogP contribution in [0.4, 0.5) is 0 Å². The lowest BCUT2D eigenvalue weighted by Crippen LogP contribution is -2.31. The predicted octanol–water partition coefficient (Wildman–Crippen LogP) is 1.64. The first-order valence-corrected chi connectivity index (χ1v) is 6.65. The van der Waals surface area contributed by atoms with Crippen molar-refractivity contribution >= 4 is 5.91 Å².